The van der Waals surface area contributed by atoms with Crippen LogP contribution in [-0.4, -0.2) is 19.0 Å². The first-order valence-electron chi connectivity index (χ1n) is 6.31. The van der Waals surface area contributed by atoms with Gasteiger partial charge in [-0.05, 0) is 17.7 Å². The van der Waals surface area contributed by atoms with Gasteiger partial charge in [-0.2, -0.15) is 0 Å². The van der Waals surface area contributed by atoms with Crippen molar-refractivity contribution in [3.05, 3.63) is 64.2 Å². The maximum Gasteiger partial charge on any atom is 0.269 e. The van der Waals surface area contributed by atoms with Gasteiger partial charge in [-0.3, -0.25) is 10.1 Å². The number of nitrogens with zero attached hydrogens (tertiary/aromatic N) is 2. The van der Waals surface area contributed by atoms with E-state index in [4.69, 9.17) is 0 Å². The zero-order valence-electron chi connectivity index (χ0n) is 11.5. The smallest absolute Gasteiger partial charge is 0.269 e. The van der Waals surface area contributed by atoms with Crippen LogP contribution in [0.1, 0.15) is 5.56 Å². The van der Waals surface area contributed by atoms with E-state index in [0.717, 1.165) is 16.9 Å². The second-order valence-corrected chi connectivity index (χ2v) is 4.69. The van der Waals surface area contributed by atoms with Crippen molar-refractivity contribution in [2.45, 2.75) is 6.54 Å². The van der Waals surface area contributed by atoms with Crippen molar-refractivity contribution in [1.82, 2.24) is 0 Å². The Morgan fingerprint density at radius 3 is 2.60 bits per heavy atom. The van der Waals surface area contributed by atoms with E-state index in [1.165, 1.54) is 6.07 Å². The largest absolute Gasteiger partial charge is 0.379 e. The van der Waals surface area contributed by atoms with E-state index in [-0.39, 0.29) is 10.6 Å². The van der Waals surface area contributed by atoms with E-state index >= 15 is 0 Å². The van der Waals surface area contributed by atoms with Gasteiger partial charge in [0.2, 0.25) is 0 Å². The fourth-order valence-corrected chi connectivity index (χ4v) is 1.99. The van der Waals surface area contributed by atoms with Crippen molar-refractivity contribution < 1.29 is 4.92 Å². The standard InChI is InChI=1S/C15H17N3O2/c1-17(2)15-9-4-3-8-14(15)16-11-12-6-5-7-13(10-12)18(19)20/h3-10,16H,11H2,1-2H3. The molecule has 1 N–H and O–H groups in total. The number of nitro benzene ring substituents is 1. The van der Waals surface area contributed by atoms with E-state index < -0.39 is 0 Å². The molecule has 0 aromatic heterocycles. The molecule has 20 heavy (non-hydrogen) atoms. The fourth-order valence-electron chi connectivity index (χ4n) is 1.99. The summed E-state index contributed by atoms with van der Waals surface area (Å²) in [6, 6.07) is 14.6. The summed E-state index contributed by atoms with van der Waals surface area (Å²) in [5, 5.41) is 14.1. The first-order valence-corrected chi connectivity index (χ1v) is 6.31. The third kappa shape index (κ3) is 3.26. The first kappa shape index (κ1) is 13.9. The number of nitro groups is 1. The van der Waals surface area contributed by atoms with Crippen LogP contribution in [0.5, 0.6) is 0 Å². The van der Waals surface area contributed by atoms with Gasteiger partial charge in [-0.1, -0.05) is 24.3 Å². The zero-order valence-corrected chi connectivity index (χ0v) is 11.5. The quantitative estimate of drug-likeness (QED) is 0.669. The SMILES string of the molecule is CN(C)c1ccccc1NCc1cccc([N+](=O)[O-])c1. The van der Waals surface area contributed by atoms with Crippen molar-refractivity contribution in [2.24, 2.45) is 0 Å². The van der Waals surface area contributed by atoms with E-state index in [2.05, 4.69) is 5.32 Å². The summed E-state index contributed by atoms with van der Waals surface area (Å²) in [7, 11) is 3.96. The molecule has 2 rings (SSSR count). The number of benzene rings is 2. The van der Waals surface area contributed by atoms with E-state index in [9.17, 15) is 10.1 Å². The minimum atomic E-state index is -0.378. The van der Waals surface area contributed by atoms with Crippen LogP contribution in [0, 0.1) is 10.1 Å². The van der Waals surface area contributed by atoms with E-state index in [1.54, 1.807) is 12.1 Å². The first-order chi connectivity index (χ1) is 9.58. The second kappa shape index (κ2) is 6.06. The van der Waals surface area contributed by atoms with Crippen molar-refractivity contribution in [2.75, 3.05) is 24.3 Å². The van der Waals surface area contributed by atoms with Crippen LogP contribution in [0.25, 0.3) is 0 Å². The molecule has 0 aliphatic heterocycles. The Hall–Kier alpha value is -2.56. The summed E-state index contributed by atoms with van der Waals surface area (Å²) >= 11 is 0. The van der Waals surface area contributed by atoms with Crippen LogP contribution < -0.4 is 10.2 Å². The maximum atomic E-state index is 10.7. The van der Waals surface area contributed by atoms with Gasteiger partial charge in [0.05, 0.1) is 16.3 Å². The van der Waals surface area contributed by atoms with Gasteiger partial charge >= 0.3 is 0 Å². The van der Waals surface area contributed by atoms with Crippen molar-refractivity contribution >= 4 is 17.1 Å². The van der Waals surface area contributed by atoms with Gasteiger partial charge in [-0.15, -0.1) is 0 Å². The highest BCUT2D eigenvalue weighted by atomic mass is 16.6. The predicted octanol–water partition coefficient (Wildman–Crippen LogP) is 3.27. The molecular formula is C15H17N3O2. The van der Waals surface area contributed by atoms with Gasteiger partial charge in [0.1, 0.15) is 0 Å². The Bertz CT molecular complexity index is 612. The number of anilines is 2. The Morgan fingerprint density at radius 1 is 1.15 bits per heavy atom. The number of nitrogens with one attached hydrogen (secondary N) is 1. The summed E-state index contributed by atoms with van der Waals surface area (Å²) in [4.78, 5) is 12.4. The van der Waals surface area contributed by atoms with Gasteiger partial charge in [0.25, 0.3) is 5.69 Å². The second-order valence-electron chi connectivity index (χ2n) is 4.69. The van der Waals surface area contributed by atoms with Crippen LogP contribution in [-0.2, 0) is 6.54 Å². The Balaban J connectivity index is 2.13. The van der Waals surface area contributed by atoms with Gasteiger partial charge < -0.3 is 10.2 Å². The fraction of sp³-hybridized carbons (Fsp3) is 0.200. The molecule has 0 bridgehead atoms. The monoisotopic (exact) mass is 271 g/mol. The maximum absolute atomic E-state index is 10.7. The minimum Gasteiger partial charge on any atom is -0.379 e. The third-order valence-electron chi connectivity index (χ3n) is 2.99. The molecule has 5 nitrogen and oxygen atoms in total. The number of hydrogen-bond donors (Lipinski definition) is 1. The summed E-state index contributed by atoms with van der Waals surface area (Å²) in [6.07, 6.45) is 0. The van der Waals surface area contributed by atoms with Crippen molar-refractivity contribution in [3.8, 4) is 0 Å². The van der Waals surface area contributed by atoms with Crippen molar-refractivity contribution in [1.29, 1.82) is 0 Å². The number of para-hydroxylation sites is 2. The molecule has 0 atom stereocenters. The normalized spacial score (nSPS) is 10.1. The molecule has 0 amide bonds. The lowest BCUT2D eigenvalue weighted by Gasteiger charge is -2.18. The van der Waals surface area contributed by atoms with Crippen LogP contribution >= 0.6 is 0 Å². The molecule has 0 radical (unpaired) electrons. The molecule has 0 aliphatic rings. The highest BCUT2D eigenvalue weighted by Crippen LogP contribution is 2.24. The summed E-state index contributed by atoms with van der Waals surface area (Å²) in [6.45, 7) is 0.548. The van der Waals surface area contributed by atoms with Gasteiger partial charge in [0.15, 0.2) is 0 Å². The van der Waals surface area contributed by atoms with Gasteiger partial charge in [0, 0.05) is 32.8 Å². The Kier molecular flexibility index (Phi) is 4.20. The predicted molar refractivity (Wildman–Crippen MR) is 81.2 cm³/mol. The Labute approximate surface area is 118 Å². The lowest BCUT2D eigenvalue weighted by atomic mass is 10.2. The minimum absolute atomic E-state index is 0.116. The molecule has 2 aromatic rings. The van der Waals surface area contributed by atoms with E-state index in [0.29, 0.717) is 6.54 Å². The topological polar surface area (TPSA) is 58.4 Å². The summed E-state index contributed by atoms with van der Waals surface area (Å²) in [5.74, 6) is 0. The molecule has 0 heterocycles. The number of non-ortho nitro benzene ring substituents is 1. The molecule has 104 valence electrons. The third-order valence-corrected chi connectivity index (χ3v) is 2.99. The van der Waals surface area contributed by atoms with Crippen LogP contribution in [0.4, 0.5) is 17.1 Å². The van der Waals surface area contributed by atoms with E-state index in [1.807, 2.05) is 49.3 Å². The van der Waals surface area contributed by atoms with Crippen LogP contribution in [0.15, 0.2) is 48.5 Å². The summed E-state index contributed by atoms with van der Waals surface area (Å²) in [5.41, 5.74) is 3.08. The molecule has 0 spiro atoms. The average Bonchev–Trinajstić information content (AvgIpc) is 2.45. The Morgan fingerprint density at radius 2 is 1.90 bits per heavy atom. The van der Waals surface area contributed by atoms with Gasteiger partial charge in [-0.25, -0.2) is 0 Å². The highest BCUT2D eigenvalue weighted by molar-refractivity contribution is 5.69. The lowest BCUT2D eigenvalue weighted by Crippen LogP contribution is -2.12. The molecule has 0 saturated carbocycles. The summed E-state index contributed by atoms with van der Waals surface area (Å²) < 4.78 is 0. The molecule has 0 saturated heterocycles. The molecular weight excluding hydrogens is 254 g/mol. The molecule has 5 heteroatoms. The average molecular weight is 271 g/mol. The number of hydrogen-bond acceptors (Lipinski definition) is 4. The molecule has 2 aromatic carbocycles. The molecule has 0 aliphatic carbocycles. The zero-order chi connectivity index (χ0) is 14.5. The van der Waals surface area contributed by atoms with Crippen LogP contribution in [0.3, 0.4) is 0 Å². The number of rotatable bonds is 5. The van der Waals surface area contributed by atoms with Crippen LogP contribution in [0.2, 0.25) is 0 Å². The van der Waals surface area contributed by atoms with Crippen molar-refractivity contribution in [3.63, 3.8) is 0 Å². The lowest BCUT2D eigenvalue weighted by molar-refractivity contribution is -0.384. The molecule has 0 fully saturated rings. The highest BCUT2D eigenvalue weighted by Gasteiger charge is 2.07. The molecule has 0 unspecified atom stereocenters.